The van der Waals surface area contributed by atoms with Crippen molar-refractivity contribution < 1.29 is 4.79 Å². The van der Waals surface area contributed by atoms with Gasteiger partial charge in [0.25, 0.3) is 0 Å². The lowest BCUT2D eigenvalue weighted by Gasteiger charge is -2.11. The number of nitrogens with one attached hydrogen (secondary N) is 1. The summed E-state index contributed by atoms with van der Waals surface area (Å²) in [4.78, 5) is 11.5. The molecular formula is C10H14BrNOS. The first-order valence-electron chi connectivity index (χ1n) is 4.58. The number of rotatable bonds is 5. The van der Waals surface area contributed by atoms with E-state index in [-0.39, 0.29) is 11.9 Å². The average molecular weight is 276 g/mol. The molecule has 0 radical (unpaired) electrons. The lowest BCUT2D eigenvalue weighted by Crippen LogP contribution is -2.33. The van der Waals surface area contributed by atoms with Gasteiger partial charge in [0.1, 0.15) is 0 Å². The lowest BCUT2D eigenvalue weighted by molar-refractivity contribution is -0.121. The highest BCUT2D eigenvalue weighted by molar-refractivity contribution is 9.09. The molecule has 0 saturated heterocycles. The lowest BCUT2D eigenvalue weighted by atomic mass is 10.2. The topological polar surface area (TPSA) is 29.1 Å². The van der Waals surface area contributed by atoms with Crippen molar-refractivity contribution >= 4 is 33.2 Å². The van der Waals surface area contributed by atoms with Crippen molar-refractivity contribution in [2.24, 2.45) is 0 Å². The van der Waals surface area contributed by atoms with Crippen LogP contribution in [-0.2, 0) is 11.2 Å². The van der Waals surface area contributed by atoms with Crippen LogP contribution in [0.4, 0.5) is 0 Å². The molecule has 0 spiro atoms. The summed E-state index contributed by atoms with van der Waals surface area (Å²) in [6.07, 6.45) is 1.46. The van der Waals surface area contributed by atoms with Gasteiger partial charge in [-0.1, -0.05) is 15.9 Å². The van der Waals surface area contributed by atoms with E-state index in [1.807, 2.05) is 23.8 Å². The third-order valence-corrected chi connectivity index (χ3v) is 3.08. The van der Waals surface area contributed by atoms with E-state index in [1.54, 1.807) is 11.3 Å². The first kappa shape index (κ1) is 11.7. The van der Waals surface area contributed by atoms with E-state index < -0.39 is 0 Å². The van der Waals surface area contributed by atoms with Crippen LogP contribution in [0.15, 0.2) is 16.8 Å². The zero-order valence-electron chi connectivity index (χ0n) is 8.13. The van der Waals surface area contributed by atoms with Crippen LogP contribution < -0.4 is 5.32 Å². The number of carbonyl (C=O) groups is 1. The molecule has 0 aliphatic rings. The van der Waals surface area contributed by atoms with Crippen molar-refractivity contribution in [3.63, 3.8) is 0 Å². The van der Waals surface area contributed by atoms with Crippen molar-refractivity contribution in [2.45, 2.75) is 25.8 Å². The number of carbonyl (C=O) groups excluding carboxylic acids is 1. The highest BCUT2D eigenvalue weighted by Crippen LogP contribution is 2.06. The van der Waals surface area contributed by atoms with Gasteiger partial charge in [0.05, 0.1) is 6.42 Å². The fourth-order valence-electron chi connectivity index (χ4n) is 1.14. The van der Waals surface area contributed by atoms with Crippen molar-refractivity contribution in [2.75, 3.05) is 5.33 Å². The van der Waals surface area contributed by atoms with Crippen LogP contribution in [0.2, 0.25) is 0 Å². The highest BCUT2D eigenvalue weighted by Gasteiger charge is 2.07. The Morgan fingerprint density at radius 1 is 1.71 bits per heavy atom. The van der Waals surface area contributed by atoms with Gasteiger partial charge in [-0.2, -0.15) is 11.3 Å². The molecule has 14 heavy (non-hydrogen) atoms. The third kappa shape index (κ3) is 4.24. The minimum absolute atomic E-state index is 0.108. The van der Waals surface area contributed by atoms with E-state index in [1.165, 1.54) is 0 Å². The van der Waals surface area contributed by atoms with E-state index in [2.05, 4.69) is 21.2 Å². The van der Waals surface area contributed by atoms with Crippen LogP contribution in [0.3, 0.4) is 0 Å². The Hall–Kier alpha value is -0.350. The first-order chi connectivity index (χ1) is 6.72. The van der Waals surface area contributed by atoms with Gasteiger partial charge in [-0.25, -0.2) is 0 Å². The predicted octanol–water partition coefficient (Wildman–Crippen LogP) is 2.58. The minimum Gasteiger partial charge on any atom is -0.353 e. The normalized spacial score (nSPS) is 12.4. The van der Waals surface area contributed by atoms with Crippen LogP contribution >= 0.6 is 27.3 Å². The maximum absolute atomic E-state index is 11.5. The van der Waals surface area contributed by atoms with Gasteiger partial charge in [-0.3, -0.25) is 4.79 Å². The monoisotopic (exact) mass is 275 g/mol. The van der Waals surface area contributed by atoms with Crippen molar-refractivity contribution in [3.05, 3.63) is 22.4 Å². The van der Waals surface area contributed by atoms with E-state index in [0.717, 1.165) is 17.3 Å². The molecule has 0 fully saturated rings. The molecule has 1 amide bonds. The number of alkyl halides is 1. The van der Waals surface area contributed by atoms with E-state index in [9.17, 15) is 4.79 Å². The second-order valence-corrected chi connectivity index (χ2v) is 4.83. The largest absolute Gasteiger partial charge is 0.353 e. The summed E-state index contributed by atoms with van der Waals surface area (Å²) in [5.74, 6) is 0.108. The number of amides is 1. The van der Waals surface area contributed by atoms with Crippen LogP contribution in [0.1, 0.15) is 18.9 Å². The fourth-order valence-corrected chi connectivity index (χ4v) is 2.50. The summed E-state index contributed by atoms with van der Waals surface area (Å²) < 4.78 is 0. The molecule has 0 bridgehead atoms. The molecule has 1 rings (SSSR count). The van der Waals surface area contributed by atoms with Gasteiger partial charge in [-0.05, 0) is 35.7 Å². The zero-order chi connectivity index (χ0) is 10.4. The van der Waals surface area contributed by atoms with Crippen molar-refractivity contribution in [1.29, 1.82) is 0 Å². The Morgan fingerprint density at radius 3 is 3.07 bits per heavy atom. The van der Waals surface area contributed by atoms with Gasteiger partial charge in [0.15, 0.2) is 0 Å². The summed E-state index contributed by atoms with van der Waals surface area (Å²) >= 11 is 4.97. The van der Waals surface area contributed by atoms with Crippen LogP contribution in [0, 0.1) is 0 Å². The average Bonchev–Trinajstić information content (AvgIpc) is 2.56. The maximum Gasteiger partial charge on any atom is 0.224 e. The number of thiophene rings is 1. The van der Waals surface area contributed by atoms with Crippen molar-refractivity contribution in [1.82, 2.24) is 5.32 Å². The Morgan fingerprint density at radius 2 is 2.50 bits per heavy atom. The number of hydrogen-bond acceptors (Lipinski definition) is 2. The highest BCUT2D eigenvalue weighted by atomic mass is 79.9. The quantitative estimate of drug-likeness (QED) is 0.823. The number of halogens is 1. The second-order valence-electron chi connectivity index (χ2n) is 3.25. The molecule has 1 atom stereocenters. The summed E-state index contributed by atoms with van der Waals surface area (Å²) in [7, 11) is 0. The molecule has 0 aliphatic heterocycles. The molecule has 2 nitrogen and oxygen atoms in total. The Labute approximate surface area is 96.8 Å². The van der Waals surface area contributed by atoms with Crippen LogP contribution in [-0.4, -0.2) is 17.3 Å². The Bertz CT molecular complexity index is 274. The third-order valence-electron chi connectivity index (χ3n) is 1.89. The Balaban J connectivity index is 2.29. The predicted molar refractivity (Wildman–Crippen MR) is 64.0 cm³/mol. The molecule has 1 N–H and O–H groups in total. The first-order valence-corrected chi connectivity index (χ1v) is 6.65. The molecule has 4 heteroatoms. The molecule has 0 aromatic carbocycles. The molecule has 1 aromatic rings. The molecule has 1 unspecified atom stereocenters. The summed E-state index contributed by atoms with van der Waals surface area (Å²) in [6, 6.07) is 2.24. The maximum atomic E-state index is 11.5. The van der Waals surface area contributed by atoms with E-state index in [0.29, 0.717) is 6.42 Å². The Kier molecular flexibility index (Phi) is 5.19. The standard InChI is InChI=1S/C10H14BrNOS/c1-8(2-4-11)12-10(13)6-9-3-5-14-7-9/h3,5,7-8H,2,4,6H2,1H3,(H,12,13). The smallest absolute Gasteiger partial charge is 0.224 e. The van der Waals surface area contributed by atoms with Gasteiger partial charge in [0, 0.05) is 11.4 Å². The van der Waals surface area contributed by atoms with Crippen molar-refractivity contribution in [3.8, 4) is 0 Å². The van der Waals surface area contributed by atoms with Gasteiger partial charge in [0.2, 0.25) is 5.91 Å². The minimum atomic E-state index is 0.108. The number of hydrogen-bond donors (Lipinski definition) is 1. The fraction of sp³-hybridized carbons (Fsp3) is 0.500. The SMILES string of the molecule is CC(CCBr)NC(=O)Cc1ccsc1. The molecule has 0 saturated carbocycles. The summed E-state index contributed by atoms with van der Waals surface area (Å²) in [5.41, 5.74) is 1.10. The molecule has 0 aliphatic carbocycles. The van der Waals surface area contributed by atoms with Gasteiger partial charge < -0.3 is 5.32 Å². The van der Waals surface area contributed by atoms with Crippen LogP contribution in [0.5, 0.6) is 0 Å². The zero-order valence-corrected chi connectivity index (χ0v) is 10.5. The van der Waals surface area contributed by atoms with Gasteiger partial charge >= 0.3 is 0 Å². The molecule has 1 heterocycles. The summed E-state index contributed by atoms with van der Waals surface area (Å²) in [6.45, 7) is 2.02. The molecule has 1 aromatic heterocycles. The molecular weight excluding hydrogens is 262 g/mol. The van der Waals surface area contributed by atoms with Gasteiger partial charge in [-0.15, -0.1) is 0 Å². The summed E-state index contributed by atoms with van der Waals surface area (Å²) in [5, 5.41) is 7.88. The second kappa shape index (κ2) is 6.19. The van der Waals surface area contributed by atoms with Crippen LogP contribution in [0.25, 0.3) is 0 Å². The van der Waals surface area contributed by atoms with E-state index >= 15 is 0 Å². The van der Waals surface area contributed by atoms with E-state index in [4.69, 9.17) is 0 Å². The molecule has 78 valence electrons.